The van der Waals surface area contributed by atoms with Crippen molar-refractivity contribution in [2.24, 2.45) is 0 Å². The average Bonchev–Trinajstić information content (AvgIpc) is 3.03. The Balaban J connectivity index is 1.79. The monoisotopic (exact) mass is 436 g/mol. The molecular formula is C20H24N2O5S2. The van der Waals surface area contributed by atoms with E-state index < -0.39 is 20.1 Å². The molecule has 156 valence electrons. The van der Waals surface area contributed by atoms with E-state index >= 15 is 0 Å². The van der Waals surface area contributed by atoms with E-state index in [1.807, 2.05) is 25.3 Å². The Morgan fingerprint density at radius 1 is 1.00 bits per heavy atom. The van der Waals surface area contributed by atoms with Crippen molar-refractivity contribution in [2.75, 3.05) is 7.05 Å². The normalized spacial score (nSPS) is 12.5. The second-order valence-electron chi connectivity index (χ2n) is 7.10. The number of fused-ring (bicyclic) bond motifs is 1. The van der Waals surface area contributed by atoms with Crippen LogP contribution in [0.4, 0.5) is 0 Å². The van der Waals surface area contributed by atoms with Gasteiger partial charge in [0.05, 0.1) is 10.6 Å². The second-order valence-corrected chi connectivity index (χ2v) is 10.4. The van der Waals surface area contributed by atoms with Crippen molar-refractivity contribution >= 4 is 31.0 Å². The van der Waals surface area contributed by atoms with Crippen LogP contribution in [0, 0.1) is 6.92 Å². The first-order chi connectivity index (χ1) is 13.6. The Kier molecular flexibility index (Phi) is 6.13. The molecule has 0 spiro atoms. The molecular weight excluding hydrogens is 412 g/mol. The topological polar surface area (TPSA) is 116 Å². The summed E-state index contributed by atoms with van der Waals surface area (Å²) in [6.45, 7) is 1.87. The Morgan fingerprint density at radius 3 is 2.41 bits per heavy atom. The molecule has 0 atom stereocenters. The molecule has 0 amide bonds. The molecule has 0 aliphatic carbocycles. The van der Waals surface area contributed by atoms with Crippen molar-refractivity contribution in [3.63, 3.8) is 0 Å². The zero-order valence-corrected chi connectivity index (χ0v) is 17.9. The van der Waals surface area contributed by atoms with Crippen LogP contribution >= 0.6 is 0 Å². The molecule has 9 heteroatoms. The maximum atomic E-state index is 11.8. The summed E-state index contributed by atoms with van der Waals surface area (Å²) in [5.41, 5.74) is 4.16. The first-order valence-electron chi connectivity index (χ1n) is 9.16. The first-order valence-corrected chi connectivity index (χ1v) is 12.3. The van der Waals surface area contributed by atoms with Gasteiger partial charge in [-0.25, -0.2) is 13.1 Å². The van der Waals surface area contributed by atoms with Crippen LogP contribution in [0.5, 0.6) is 0 Å². The van der Waals surface area contributed by atoms with Gasteiger partial charge in [-0.15, -0.1) is 0 Å². The molecule has 3 aromatic rings. The Hall–Kier alpha value is -2.20. The first kappa shape index (κ1) is 21.5. The lowest BCUT2D eigenvalue weighted by Crippen LogP contribution is -2.20. The van der Waals surface area contributed by atoms with E-state index in [0.29, 0.717) is 30.4 Å². The van der Waals surface area contributed by atoms with Crippen LogP contribution in [0.25, 0.3) is 10.9 Å². The summed E-state index contributed by atoms with van der Waals surface area (Å²) in [6, 6.07) is 10.4. The number of hydrogen-bond donors (Lipinski definition) is 3. The van der Waals surface area contributed by atoms with Gasteiger partial charge in [0.2, 0.25) is 10.0 Å². The van der Waals surface area contributed by atoms with E-state index in [2.05, 4.69) is 9.71 Å². The van der Waals surface area contributed by atoms with Gasteiger partial charge in [0.25, 0.3) is 10.1 Å². The fourth-order valence-corrected chi connectivity index (χ4v) is 4.93. The third-order valence-electron chi connectivity index (χ3n) is 4.89. The predicted molar refractivity (Wildman–Crippen MR) is 113 cm³/mol. The smallest absolute Gasteiger partial charge is 0.294 e. The van der Waals surface area contributed by atoms with Gasteiger partial charge in [-0.2, -0.15) is 8.42 Å². The molecule has 0 aliphatic heterocycles. The molecule has 0 radical (unpaired) electrons. The quantitative estimate of drug-likeness (QED) is 0.470. The van der Waals surface area contributed by atoms with E-state index in [1.165, 1.54) is 13.1 Å². The number of aromatic amines is 1. The van der Waals surface area contributed by atoms with Gasteiger partial charge in [-0.05, 0) is 68.1 Å². The van der Waals surface area contributed by atoms with Crippen molar-refractivity contribution in [3.8, 4) is 0 Å². The minimum absolute atomic E-state index is 0.0541. The molecule has 2 aromatic carbocycles. The molecule has 0 aliphatic rings. The van der Waals surface area contributed by atoms with Crippen LogP contribution in [0.15, 0.2) is 47.5 Å². The standard InChI is InChI=1S/C20H24N2O5S2/c1-14-6-9-20(29(25,26)27)16(10-14)4-3-5-17-12-22-19-8-7-15(11-18(17)19)13-28(23,24)21-2/h6-12,21-22H,3-5,13H2,1-2H3,(H,25,26,27). The van der Waals surface area contributed by atoms with Gasteiger partial charge in [-0.3, -0.25) is 4.55 Å². The van der Waals surface area contributed by atoms with Gasteiger partial charge in [0.15, 0.2) is 0 Å². The lowest BCUT2D eigenvalue weighted by Gasteiger charge is -2.08. The van der Waals surface area contributed by atoms with E-state index in [4.69, 9.17) is 0 Å². The number of aryl methyl sites for hydroxylation is 3. The van der Waals surface area contributed by atoms with Gasteiger partial charge in [-0.1, -0.05) is 23.8 Å². The van der Waals surface area contributed by atoms with Crippen LogP contribution in [-0.2, 0) is 38.7 Å². The lowest BCUT2D eigenvalue weighted by atomic mass is 10.0. The van der Waals surface area contributed by atoms with E-state index in [9.17, 15) is 21.4 Å². The number of rotatable bonds is 8. The van der Waals surface area contributed by atoms with E-state index in [0.717, 1.165) is 22.0 Å². The Bertz CT molecular complexity index is 1250. The van der Waals surface area contributed by atoms with Crippen LogP contribution in [0.2, 0.25) is 0 Å². The zero-order valence-electron chi connectivity index (χ0n) is 16.3. The average molecular weight is 437 g/mol. The molecule has 0 saturated heterocycles. The third-order valence-corrected chi connectivity index (χ3v) is 7.18. The summed E-state index contributed by atoms with van der Waals surface area (Å²) in [6.07, 6.45) is 3.75. The molecule has 29 heavy (non-hydrogen) atoms. The van der Waals surface area contributed by atoms with Crippen molar-refractivity contribution in [1.29, 1.82) is 0 Å². The molecule has 1 aromatic heterocycles. The van der Waals surface area contributed by atoms with E-state index in [-0.39, 0.29) is 10.6 Å². The minimum atomic E-state index is -4.26. The third kappa shape index (κ3) is 5.24. The molecule has 7 nitrogen and oxygen atoms in total. The Labute approximate surface area is 171 Å². The number of hydrogen-bond acceptors (Lipinski definition) is 4. The van der Waals surface area contributed by atoms with Crippen molar-refractivity contribution in [3.05, 3.63) is 64.8 Å². The summed E-state index contributed by atoms with van der Waals surface area (Å²) in [5.74, 6) is -0.0922. The maximum Gasteiger partial charge on any atom is 0.294 e. The van der Waals surface area contributed by atoms with Crippen LogP contribution in [0.3, 0.4) is 0 Å². The van der Waals surface area contributed by atoms with Crippen molar-refractivity contribution in [1.82, 2.24) is 9.71 Å². The van der Waals surface area contributed by atoms with Crippen LogP contribution < -0.4 is 4.72 Å². The maximum absolute atomic E-state index is 11.8. The van der Waals surface area contributed by atoms with Crippen molar-refractivity contribution in [2.45, 2.75) is 36.8 Å². The van der Waals surface area contributed by atoms with E-state index in [1.54, 1.807) is 18.2 Å². The van der Waals surface area contributed by atoms with Gasteiger partial charge >= 0.3 is 0 Å². The Morgan fingerprint density at radius 2 is 1.72 bits per heavy atom. The molecule has 0 unspecified atom stereocenters. The molecule has 0 fully saturated rings. The van der Waals surface area contributed by atoms with Gasteiger partial charge in [0.1, 0.15) is 0 Å². The molecule has 3 rings (SSSR count). The highest BCUT2D eigenvalue weighted by Crippen LogP contribution is 2.24. The summed E-state index contributed by atoms with van der Waals surface area (Å²) in [4.78, 5) is 3.13. The lowest BCUT2D eigenvalue weighted by molar-refractivity contribution is 0.482. The highest BCUT2D eigenvalue weighted by atomic mass is 32.2. The SMILES string of the molecule is CNS(=O)(=O)Cc1ccc2[nH]cc(CCCc3cc(C)ccc3S(=O)(=O)O)c2c1. The molecule has 0 saturated carbocycles. The molecule has 1 heterocycles. The fourth-order valence-electron chi connectivity index (χ4n) is 3.44. The van der Waals surface area contributed by atoms with Crippen molar-refractivity contribution < 1.29 is 21.4 Å². The predicted octanol–water partition coefficient (Wildman–Crippen LogP) is 2.95. The summed E-state index contributed by atoms with van der Waals surface area (Å²) < 4.78 is 58.6. The number of nitrogens with one attached hydrogen (secondary N) is 2. The van der Waals surface area contributed by atoms with Gasteiger partial charge in [0, 0.05) is 17.1 Å². The van der Waals surface area contributed by atoms with Crippen LogP contribution in [0.1, 0.15) is 28.7 Å². The fraction of sp³-hybridized carbons (Fsp3) is 0.300. The largest absolute Gasteiger partial charge is 0.361 e. The second kappa shape index (κ2) is 8.27. The minimum Gasteiger partial charge on any atom is -0.361 e. The number of aromatic nitrogens is 1. The highest BCUT2D eigenvalue weighted by molar-refractivity contribution is 7.88. The number of H-pyrrole nitrogens is 1. The van der Waals surface area contributed by atoms with Gasteiger partial charge < -0.3 is 4.98 Å². The number of sulfonamides is 1. The molecule has 3 N–H and O–H groups in total. The molecule has 0 bridgehead atoms. The summed E-state index contributed by atoms with van der Waals surface area (Å²) >= 11 is 0. The zero-order chi connectivity index (χ0) is 21.2. The van der Waals surface area contributed by atoms with Crippen LogP contribution in [-0.4, -0.2) is 33.4 Å². The number of benzene rings is 2. The highest BCUT2D eigenvalue weighted by Gasteiger charge is 2.16. The summed E-state index contributed by atoms with van der Waals surface area (Å²) in [7, 11) is -6.23. The summed E-state index contributed by atoms with van der Waals surface area (Å²) in [5, 5.41) is 0.952.